The van der Waals surface area contributed by atoms with Gasteiger partial charge in [0, 0.05) is 20.1 Å². The average molecular weight is 281 g/mol. The lowest BCUT2D eigenvalue weighted by Crippen LogP contribution is -2.42. The Labute approximate surface area is 120 Å². The van der Waals surface area contributed by atoms with E-state index in [4.69, 9.17) is 5.26 Å². The highest BCUT2D eigenvalue weighted by atomic mass is 16.4. The van der Waals surface area contributed by atoms with Crippen LogP contribution in [0.25, 0.3) is 0 Å². The topological polar surface area (TPSA) is 84.6 Å². The number of carboxylic acid groups (broad SMARTS) is 1. The van der Waals surface area contributed by atoms with Crippen LogP contribution >= 0.6 is 0 Å². The second-order valence-corrected chi connectivity index (χ2v) is 5.80. The molecule has 0 aromatic rings. The molecule has 1 unspecified atom stereocenters. The summed E-state index contributed by atoms with van der Waals surface area (Å²) in [5, 5.41) is 18.0. The minimum absolute atomic E-state index is 0.0384. The minimum atomic E-state index is -0.778. The number of likely N-dealkylation sites (N-methyl/N-ethyl adjacent to an activating group) is 1. The molecule has 1 rings (SSSR count). The molecule has 0 aromatic heterocycles. The van der Waals surface area contributed by atoms with Crippen LogP contribution in [0.15, 0.2) is 0 Å². The van der Waals surface area contributed by atoms with Crippen LogP contribution in [0.4, 0.5) is 0 Å². The van der Waals surface area contributed by atoms with E-state index in [1.165, 1.54) is 4.90 Å². The van der Waals surface area contributed by atoms with Gasteiger partial charge >= 0.3 is 5.97 Å². The maximum absolute atomic E-state index is 12.0. The largest absolute Gasteiger partial charge is 0.481 e. The van der Waals surface area contributed by atoms with E-state index < -0.39 is 11.4 Å². The molecule has 1 atom stereocenters. The first kappa shape index (κ1) is 16.4. The van der Waals surface area contributed by atoms with Crippen molar-refractivity contribution in [1.82, 2.24) is 9.80 Å². The van der Waals surface area contributed by atoms with E-state index in [0.29, 0.717) is 32.5 Å². The Hall–Kier alpha value is -1.61. The highest BCUT2D eigenvalue weighted by Gasteiger charge is 2.47. The second kappa shape index (κ2) is 6.71. The van der Waals surface area contributed by atoms with Crippen molar-refractivity contribution in [3.05, 3.63) is 0 Å². The molecule has 1 aliphatic heterocycles. The number of nitriles is 1. The zero-order valence-electron chi connectivity index (χ0n) is 12.4. The van der Waals surface area contributed by atoms with E-state index in [9.17, 15) is 14.7 Å². The first-order valence-electron chi connectivity index (χ1n) is 6.90. The molecular formula is C14H23N3O3. The third-order valence-corrected chi connectivity index (χ3v) is 4.25. The van der Waals surface area contributed by atoms with Crippen LogP contribution in [0.5, 0.6) is 0 Å². The van der Waals surface area contributed by atoms with E-state index in [2.05, 4.69) is 0 Å². The number of rotatable bonds is 6. The molecule has 0 saturated carbocycles. The number of likely N-dealkylation sites (tertiary alicyclic amines) is 1. The maximum Gasteiger partial charge on any atom is 0.311 e. The third kappa shape index (κ3) is 3.48. The molecule has 0 aromatic carbocycles. The molecule has 0 radical (unpaired) electrons. The lowest BCUT2D eigenvalue weighted by Gasteiger charge is -2.29. The number of hydrogen-bond acceptors (Lipinski definition) is 4. The molecular weight excluding hydrogens is 258 g/mol. The van der Waals surface area contributed by atoms with Crippen molar-refractivity contribution < 1.29 is 14.7 Å². The molecule has 1 heterocycles. The minimum Gasteiger partial charge on any atom is -0.481 e. The summed E-state index contributed by atoms with van der Waals surface area (Å²) in [4.78, 5) is 26.9. The van der Waals surface area contributed by atoms with Gasteiger partial charge in [0.1, 0.15) is 0 Å². The van der Waals surface area contributed by atoms with Crippen LogP contribution in [0.2, 0.25) is 0 Å². The number of aliphatic carboxylic acids is 1. The van der Waals surface area contributed by atoms with Gasteiger partial charge in [0.05, 0.1) is 24.4 Å². The summed E-state index contributed by atoms with van der Waals surface area (Å²) in [5.74, 6) is -0.804. The van der Waals surface area contributed by atoms with Gasteiger partial charge in [-0.2, -0.15) is 5.26 Å². The number of carbonyl (C=O) groups is 2. The summed E-state index contributed by atoms with van der Waals surface area (Å²) in [6.45, 7) is 5.51. The van der Waals surface area contributed by atoms with Crippen molar-refractivity contribution in [2.24, 2.45) is 11.3 Å². The van der Waals surface area contributed by atoms with Crippen LogP contribution in [0.1, 0.15) is 26.7 Å². The van der Waals surface area contributed by atoms with E-state index >= 15 is 0 Å². The van der Waals surface area contributed by atoms with Gasteiger partial charge in [0.2, 0.25) is 5.91 Å². The van der Waals surface area contributed by atoms with Gasteiger partial charge in [-0.3, -0.25) is 14.5 Å². The Morgan fingerprint density at radius 1 is 1.50 bits per heavy atom. The molecule has 1 saturated heterocycles. The summed E-state index contributed by atoms with van der Waals surface area (Å²) in [7, 11) is 1.67. The van der Waals surface area contributed by atoms with Crippen molar-refractivity contribution >= 4 is 11.9 Å². The standard InChI is InChI=1S/C14H23N3O3/c1-11(2)14(13(19)20)5-8-17(10-14)9-12(18)16(3)7-4-6-15/h11H,4-5,7-10H2,1-3H3,(H,19,20). The molecule has 0 aliphatic carbocycles. The zero-order valence-corrected chi connectivity index (χ0v) is 12.4. The van der Waals surface area contributed by atoms with Gasteiger partial charge in [-0.15, -0.1) is 0 Å². The summed E-state index contributed by atoms with van der Waals surface area (Å²) < 4.78 is 0. The Bertz CT molecular complexity index is 416. The molecule has 0 spiro atoms. The fourth-order valence-electron chi connectivity index (χ4n) is 2.60. The second-order valence-electron chi connectivity index (χ2n) is 5.80. The first-order valence-corrected chi connectivity index (χ1v) is 6.90. The predicted octanol–water partition coefficient (Wildman–Crippen LogP) is 0.791. The van der Waals surface area contributed by atoms with Gasteiger partial charge in [-0.05, 0) is 18.9 Å². The molecule has 1 fully saturated rings. The molecule has 1 N–H and O–H groups in total. The summed E-state index contributed by atoms with van der Waals surface area (Å²) in [6.07, 6.45) is 0.891. The lowest BCUT2D eigenvalue weighted by molar-refractivity contribution is -0.151. The monoisotopic (exact) mass is 281 g/mol. The van der Waals surface area contributed by atoms with Crippen molar-refractivity contribution in [2.45, 2.75) is 26.7 Å². The molecule has 20 heavy (non-hydrogen) atoms. The summed E-state index contributed by atoms with van der Waals surface area (Å²) in [5.41, 5.74) is -0.745. The molecule has 0 bridgehead atoms. The highest BCUT2D eigenvalue weighted by Crippen LogP contribution is 2.37. The smallest absolute Gasteiger partial charge is 0.311 e. The molecule has 6 nitrogen and oxygen atoms in total. The van der Waals surface area contributed by atoms with Crippen molar-refractivity contribution in [3.63, 3.8) is 0 Å². The molecule has 1 aliphatic rings. The van der Waals surface area contributed by atoms with E-state index in [1.807, 2.05) is 24.8 Å². The normalized spacial score (nSPS) is 22.8. The Morgan fingerprint density at radius 2 is 2.15 bits per heavy atom. The summed E-state index contributed by atoms with van der Waals surface area (Å²) >= 11 is 0. The fourth-order valence-corrected chi connectivity index (χ4v) is 2.60. The van der Waals surface area contributed by atoms with E-state index in [-0.39, 0.29) is 18.4 Å². The number of amides is 1. The van der Waals surface area contributed by atoms with E-state index in [0.717, 1.165) is 0 Å². The number of carboxylic acids is 1. The highest BCUT2D eigenvalue weighted by molar-refractivity contribution is 5.79. The zero-order chi connectivity index (χ0) is 15.3. The van der Waals surface area contributed by atoms with Crippen LogP contribution < -0.4 is 0 Å². The Morgan fingerprint density at radius 3 is 2.60 bits per heavy atom. The maximum atomic E-state index is 12.0. The Kier molecular flexibility index (Phi) is 5.52. The lowest BCUT2D eigenvalue weighted by atomic mass is 9.76. The summed E-state index contributed by atoms with van der Waals surface area (Å²) in [6, 6.07) is 2.00. The van der Waals surface area contributed by atoms with Gasteiger partial charge in [-0.25, -0.2) is 0 Å². The van der Waals surface area contributed by atoms with Crippen LogP contribution in [0.3, 0.4) is 0 Å². The van der Waals surface area contributed by atoms with Crippen molar-refractivity contribution in [2.75, 3.05) is 33.2 Å². The van der Waals surface area contributed by atoms with E-state index in [1.54, 1.807) is 7.05 Å². The van der Waals surface area contributed by atoms with Gasteiger partial charge in [-0.1, -0.05) is 13.8 Å². The molecule has 112 valence electrons. The molecule has 1 amide bonds. The Balaban J connectivity index is 2.58. The van der Waals surface area contributed by atoms with Gasteiger partial charge < -0.3 is 10.0 Å². The van der Waals surface area contributed by atoms with Crippen molar-refractivity contribution in [1.29, 1.82) is 5.26 Å². The van der Waals surface area contributed by atoms with Crippen molar-refractivity contribution in [3.8, 4) is 6.07 Å². The van der Waals surface area contributed by atoms with Gasteiger partial charge in [0.25, 0.3) is 0 Å². The third-order valence-electron chi connectivity index (χ3n) is 4.25. The first-order chi connectivity index (χ1) is 9.33. The van der Waals surface area contributed by atoms with Crippen LogP contribution in [-0.2, 0) is 9.59 Å². The fraction of sp³-hybridized carbons (Fsp3) is 0.786. The average Bonchev–Trinajstić information content (AvgIpc) is 2.81. The molecule has 6 heteroatoms. The number of hydrogen-bond donors (Lipinski definition) is 1. The van der Waals surface area contributed by atoms with Crippen LogP contribution in [-0.4, -0.2) is 60.0 Å². The quantitative estimate of drug-likeness (QED) is 0.778. The number of nitrogens with zero attached hydrogens (tertiary/aromatic N) is 3. The van der Waals surface area contributed by atoms with Gasteiger partial charge in [0.15, 0.2) is 0 Å². The SMILES string of the molecule is CC(C)C1(C(=O)O)CCN(CC(=O)N(C)CCC#N)C1. The van der Waals surface area contributed by atoms with Crippen LogP contribution in [0, 0.1) is 22.7 Å². The predicted molar refractivity (Wildman–Crippen MR) is 73.8 cm³/mol. The number of carbonyl (C=O) groups excluding carboxylic acids is 1.